The van der Waals surface area contributed by atoms with E-state index < -0.39 is 5.97 Å². The molecule has 2 unspecified atom stereocenters. The van der Waals surface area contributed by atoms with Gasteiger partial charge in [0.25, 0.3) is 0 Å². The quantitative estimate of drug-likeness (QED) is 0.748. The Morgan fingerprint density at radius 1 is 1.45 bits per heavy atom. The first kappa shape index (κ1) is 15.3. The highest BCUT2D eigenvalue weighted by molar-refractivity contribution is 9.10. The van der Waals surface area contributed by atoms with E-state index >= 15 is 0 Å². The second kappa shape index (κ2) is 7.64. The fourth-order valence-electron chi connectivity index (χ4n) is 2.69. The summed E-state index contributed by atoms with van der Waals surface area (Å²) in [6.45, 7) is 2.08. The minimum absolute atomic E-state index is 0.173. The number of halogens is 1. The molecule has 1 fully saturated rings. The molecule has 2 N–H and O–H groups in total. The monoisotopic (exact) mass is 341 g/mol. The van der Waals surface area contributed by atoms with E-state index in [0.29, 0.717) is 6.61 Å². The molecule has 2 atom stereocenters. The minimum Gasteiger partial charge on any atom is -0.492 e. The summed E-state index contributed by atoms with van der Waals surface area (Å²) in [4.78, 5) is 11.1. The molecule has 0 spiro atoms. The summed E-state index contributed by atoms with van der Waals surface area (Å²) in [5, 5.41) is 12.4. The molecule has 0 aliphatic heterocycles. The molecule has 4 nitrogen and oxygen atoms in total. The molecule has 0 radical (unpaired) electrons. The molecule has 1 aromatic carbocycles. The zero-order valence-corrected chi connectivity index (χ0v) is 12.9. The van der Waals surface area contributed by atoms with Crippen LogP contribution in [0.4, 0.5) is 0 Å². The number of nitrogens with one attached hydrogen (secondary N) is 1. The average Bonchev–Trinajstić information content (AvgIpc) is 2.87. The number of carboxylic acid groups (broad SMARTS) is 1. The first-order valence-electron chi connectivity index (χ1n) is 6.98. The van der Waals surface area contributed by atoms with Crippen molar-refractivity contribution < 1.29 is 14.6 Å². The van der Waals surface area contributed by atoms with Crippen LogP contribution in [-0.2, 0) is 4.79 Å². The van der Waals surface area contributed by atoms with Crippen molar-refractivity contribution in [1.82, 2.24) is 5.32 Å². The molecule has 0 saturated heterocycles. The molecular formula is C15H20BrNO3. The van der Waals surface area contributed by atoms with Gasteiger partial charge >= 0.3 is 5.97 Å². The van der Waals surface area contributed by atoms with Gasteiger partial charge in [0.2, 0.25) is 0 Å². The number of carboxylic acids is 1. The van der Waals surface area contributed by atoms with Gasteiger partial charge in [0, 0.05) is 11.0 Å². The highest BCUT2D eigenvalue weighted by Gasteiger charge is 2.32. The number of aliphatic carboxylic acids is 1. The largest absolute Gasteiger partial charge is 0.492 e. The van der Waals surface area contributed by atoms with Gasteiger partial charge in [0.05, 0.1) is 5.92 Å². The molecular weight excluding hydrogens is 322 g/mol. The van der Waals surface area contributed by atoms with Gasteiger partial charge in [-0.3, -0.25) is 4.79 Å². The highest BCUT2D eigenvalue weighted by atomic mass is 79.9. The van der Waals surface area contributed by atoms with Gasteiger partial charge in [-0.25, -0.2) is 0 Å². The highest BCUT2D eigenvalue weighted by Crippen LogP contribution is 2.31. The summed E-state index contributed by atoms with van der Waals surface area (Å²) in [5.74, 6) is 0.275. The molecule has 5 heteroatoms. The molecule has 20 heavy (non-hydrogen) atoms. The first-order valence-corrected chi connectivity index (χ1v) is 7.78. The smallest absolute Gasteiger partial charge is 0.306 e. The normalized spacial score (nSPS) is 21.9. The van der Waals surface area contributed by atoms with Crippen LogP contribution in [0.15, 0.2) is 28.7 Å². The van der Waals surface area contributed by atoms with Gasteiger partial charge in [0.1, 0.15) is 12.4 Å². The van der Waals surface area contributed by atoms with Gasteiger partial charge in [-0.15, -0.1) is 0 Å². The van der Waals surface area contributed by atoms with Crippen LogP contribution >= 0.6 is 15.9 Å². The molecule has 1 aliphatic carbocycles. The Morgan fingerprint density at radius 2 is 2.30 bits per heavy atom. The number of hydrogen-bond acceptors (Lipinski definition) is 3. The van der Waals surface area contributed by atoms with E-state index in [1.54, 1.807) is 0 Å². The summed E-state index contributed by atoms with van der Waals surface area (Å²) >= 11 is 3.40. The van der Waals surface area contributed by atoms with Gasteiger partial charge in [-0.1, -0.05) is 28.4 Å². The van der Waals surface area contributed by atoms with Crippen LogP contribution in [0.2, 0.25) is 0 Å². The number of ether oxygens (including phenoxy) is 1. The van der Waals surface area contributed by atoms with Crippen LogP contribution in [0.25, 0.3) is 0 Å². The van der Waals surface area contributed by atoms with Crippen LogP contribution in [0.3, 0.4) is 0 Å². The molecule has 0 bridgehead atoms. The lowest BCUT2D eigenvalue weighted by atomic mass is 9.96. The van der Waals surface area contributed by atoms with Gasteiger partial charge in [0.15, 0.2) is 0 Å². The van der Waals surface area contributed by atoms with Gasteiger partial charge in [-0.05, 0) is 43.5 Å². The predicted octanol–water partition coefficient (Wildman–Crippen LogP) is 2.92. The van der Waals surface area contributed by atoms with Crippen molar-refractivity contribution in [3.63, 3.8) is 0 Å². The summed E-state index contributed by atoms with van der Waals surface area (Å²) in [5.41, 5.74) is 0. The third-order valence-electron chi connectivity index (χ3n) is 3.73. The lowest BCUT2D eigenvalue weighted by Gasteiger charge is -2.16. The van der Waals surface area contributed by atoms with E-state index in [9.17, 15) is 4.79 Å². The number of hydrogen-bond donors (Lipinski definition) is 2. The van der Waals surface area contributed by atoms with Crippen molar-refractivity contribution in [2.45, 2.75) is 19.3 Å². The summed E-state index contributed by atoms with van der Waals surface area (Å²) in [6, 6.07) is 7.74. The van der Waals surface area contributed by atoms with E-state index in [-0.39, 0.29) is 11.8 Å². The van der Waals surface area contributed by atoms with Crippen LogP contribution in [0.5, 0.6) is 5.75 Å². The van der Waals surface area contributed by atoms with E-state index in [1.807, 2.05) is 24.3 Å². The predicted molar refractivity (Wildman–Crippen MR) is 81.0 cm³/mol. The third-order valence-corrected chi connectivity index (χ3v) is 4.22. The number of rotatable bonds is 7. The Labute approximate surface area is 127 Å². The molecule has 0 aromatic heterocycles. The van der Waals surface area contributed by atoms with Gasteiger partial charge < -0.3 is 15.2 Å². The lowest BCUT2D eigenvalue weighted by molar-refractivity contribution is -0.142. The molecule has 0 heterocycles. The fraction of sp³-hybridized carbons (Fsp3) is 0.533. The maximum Gasteiger partial charge on any atom is 0.306 e. The second-order valence-corrected chi connectivity index (χ2v) is 6.06. The molecule has 1 aromatic rings. The second-order valence-electron chi connectivity index (χ2n) is 5.15. The topological polar surface area (TPSA) is 58.6 Å². The zero-order valence-electron chi connectivity index (χ0n) is 11.3. The van der Waals surface area contributed by atoms with Crippen molar-refractivity contribution in [1.29, 1.82) is 0 Å². The molecule has 1 saturated carbocycles. The van der Waals surface area contributed by atoms with Crippen molar-refractivity contribution in [3.05, 3.63) is 28.7 Å². The van der Waals surface area contributed by atoms with Crippen molar-refractivity contribution in [3.8, 4) is 5.75 Å². The molecule has 110 valence electrons. The standard InChI is InChI=1S/C15H20BrNO3/c16-12-4-2-5-13(9-12)20-8-7-17-10-11-3-1-6-14(11)15(18)19/h2,4-5,9,11,14,17H,1,3,6-8,10H2,(H,18,19). The van der Waals surface area contributed by atoms with Crippen LogP contribution in [0, 0.1) is 11.8 Å². The van der Waals surface area contributed by atoms with E-state index in [4.69, 9.17) is 9.84 Å². The Kier molecular flexibility index (Phi) is 5.86. The summed E-state index contributed by atoms with van der Waals surface area (Å²) < 4.78 is 6.62. The SMILES string of the molecule is O=C(O)C1CCCC1CNCCOc1cccc(Br)c1. The molecule has 1 aliphatic rings. The van der Waals surface area contributed by atoms with Crippen molar-refractivity contribution in [2.75, 3.05) is 19.7 Å². The fourth-order valence-corrected chi connectivity index (χ4v) is 3.07. The maximum absolute atomic E-state index is 11.1. The summed E-state index contributed by atoms with van der Waals surface area (Å²) in [6.07, 6.45) is 2.85. The van der Waals surface area contributed by atoms with E-state index in [0.717, 1.165) is 42.6 Å². The van der Waals surface area contributed by atoms with E-state index in [1.165, 1.54) is 0 Å². The Bertz CT molecular complexity index is 452. The maximum atomic E-state index is 11.1. The Morgan fingerprint density at radius 3 is 3.05 bits per heavy atom. The molecule has 2 rings (SSSR count). The van der Waals surface area contributed by atoms with Crippen LogP contribution in [0.1, 0.15) is 19.3 Å². The molecule has 0 amide bonds. The Balaban J connectivity index is 1.63. The zero-order chi connectivity index (χ0) is 14.4. The summed E-state index contributed by atoms with van der Waals surface area (Å²) in [7, 11) is 0. The van der Waals surface area contributed by atoms with Gasteiger partial charge in [-0.2, -0.15) is 0 Å². The third kappa shape index (κ3) is 4.49. The van der Waals surface area contributed by atoms with Crippen LogP contribution < -0.4 is 10.1 Å². The average molecular weight is 342 g/mol. The van der Waals surface area contributed by atoms with Crippen molar-refractivity contribution >= 4 is 21.9 Å². The first-order chi connectivity index (χ1) is 9.66. The lowest BCUT2D eigenvalue weighted by Crippen LogP contribution is -2.31. The Hall–Kier alpha value is -1.07. The number of benzene rings is 1. The minimum atomic E-state index is -0.653. The van der Waals surface area contributed by atoms with Crippen LogP contribution in [-0.4, -0.2) is 30.8 Å². The number of carbonyl (C=O) groups is 1. The van der Waals surface area contributed by atoms with Crippen molar-refractivity contribution in [2.24, 2.45) is 11.8 Å². The van der Waals surface area contributed by atoms with E-state index in [2.05, 4.69) is 21.2 Å².